The predicted molar refractivity (Wildman–Crippen MR) is 129 cm³/mol. The summed E-state index contributed by atoms with van der Waals surface area (Å²) in [5.41, 5.74) is 1.61. The van der Waals surface area contributed by atoms with Crippen molar-refractivity contribution < 1.29 is 23.1 Å². The molecule has 0 aliphatic rings. The number of sulfonamides is 1. The average molecular weight is 485 g/mol. The lowest BCUT2D eigenvalue weighted by Gasteiger charge is -2.24. The Hall–Kier alpha value is -3.50. The van der Waals surface area contributed by atoms with E-state index in [1.54, 1.807) is 43.3 Å². The Morgan fingerprint density at radius 2 is 1.65 bits per heavy atom. The van der Waals surface area contributed by atoms with Crippen molar-refractivity contribution in [2.24, 2.45) is 0 Å². The number of aromatic hydroxyl groups is 1. The predicted octanol–water partition coefficient (Wildman–Crippen LogP) is 3.17. The molecular formula is C24H28N4O5S. The second-order valence-corrected chi connectivity index (χ2v) is 9.48. The second kappa shape index (κ2) is 11.1. The minimum absolute atomic E-state index is 0.132. The van der Waals surface area contributed by atoms with E-state index in [1.807, 2.05) is 11.8 Å². The number of phenols is 1. The minimum atomic E-state index is -3.72. The van der Waals surface area contributed by atoms with Crippen molar-refractivity contribution in [3.05, 3.63) is 66.5 Å². The fourth-order valence-electron chi connectivity index (χ4n) is 3.29. The van der Waals surface area contributed by atoms with Crippen molar-refractivity contribution in [1.29, 1.82) is 0 Å². The molecule has 0 fully saturated rings. The number of para-hydroxylation sites is 1. The van der Waals surface area contributed by atoms with Gasteiger partial charge in [-0.25, -0.2) is 23.2 Å². The molecule has 0 aliphatic heterocycles. The van der Waals surface area contributed by atoms with Crippen molar-refractivity contribution in [2.75, 3.05) is 38.2 Å². The number of hydrogen-bond acceptors (Lipinski definition) is 8. The van der Waals surface area contributed by atoms with Crippen LogP contribution in [0.2, 0.25) is 0 Å². The molecule has 1 heterocycles. The summed E-state index contributed by atoms with van der Waals surface area (Å²) in [6.45, 7) is 5.02. The maximum Gasteiger partial charge on any atom is 0.341 e. The van der Waals surface area contributed by atoms with Gasteiger partial charge in [0, 0.05) is 44.6 Å². The number of likely N-dealkylation sites (N-methyl/N-ethyl adjacent to an activating group) is 2. The van der Waals surface area contributed by atoms with E-state index >= 15 is 0 Å². The smallest absolute Gasteiger partial charge is 0.341 e. The molecule has 34 heavy (non-hydrogen) atoms. The number of aromatic nitrogens is 2. The molecule has 3 aromatic rings. The zero-order valence-corrected chi connectivity index (χ0v) is 20.2. The van der Waals surface area contributed by atoms with Crippen LogP contribution in [0.25, 0.3) is 11.1 Å². The Morgan fingerprint density at radius 1 is 1.00 bits per heavy atom. The van der Waals surface area contributed by atoms with Gasteiger partial charge in [-0.1, -0.05) is 30.3 Å². The number of anilines is 1. The van der Waals surface area contributed by atoms with Crippen molar-refractivity contribution >= 4 is 21.9 Å². The third-order valence-corrected chi connectivity index (χ3v) is 7.15. The molecule has 0 spiro atoms. The van der Waals surface area contributed by atoms with Gasteiger partial charge in [-0.3, -0.25) is 0 Å². The Morgan fingerprint density at radius 3 is 2.24 bits per heavy atom. The number of nitrogens with zero attached hydrogens (tertiary/aromatic N) is 4. The van der Waals surface area contributed by atoms with E-state index in [0.29, 0.717) is 24.6 Å². The van der Waals surface area contributed by atoms with Gasteiger partial charge in [0.1, 0.15) is 5.75 Å². The molecule has 10 heteroatoms. The first-order valence-corrected chi connectivity index (χ1v) is 12.3. The number of benzene rings is 2. The molecule has 0 aliphatic carbocycles. The van der Waals surface area contributed by atoms with E-state index in [1.165, 1.54) is 35.9 Å². The summed E-state index contributed by atoms with van der Waals surface area (Å²) in [4.78, 5) is 22.2. The number of carbonyl (C=O) groups excluding carboxylic acids is 1. The largest absolute Gasteiger partial charge is 0.507 e. The lowest BCUT2D eigenvalue weighted by Crippen LogP contribution is -2.37. The van der Waals surface area contributed by atoms with E-state index < -0.39 is 16.0 Å². The summed E-state index contributed by atoms with van der Waals surface area (Å²) in [5.74, 6) is 0.0391. The van der Waals surface area contributed by atoms with E-state index in [0.717, 1.165) is 5.56 Å². The van der Waals surface area contributed by atoms with Crippen LogP contribution in [0.4, 0.5) is 5.95 Å². The molecule has 0 unspecified atom stereocenters. The van der Waals surface area contributed by atoms with Crippen molar-refractivity contribution in [3.63, 3.8) is 0 Å². The average Bonchev–Trinajstić information content (AvgIpc) is 2.85. The van der Waals surface area contributed by atoms with Crippen molar-refractivity contribution in [3.8, 4) is 16.9 Å². The number of ether oxygens (including phenoxy) is 1. The van der Waals surface area contributed by atoms with Crippen LogP contribution in [0.1, 0.15) is 24.2 Å². The van der Waals surface area contributed by atoms with Crippen LogP contribution in [-0.2, 0) is 14.8 Å². The number of esters is 1. The highest BCUT2D eigenvalue weighted by atomic mass is 32.2. The standard InChI is InChI=1S/C24H28N4O5S/c1-4-28(24-25-16-19(17-26-24)23(30)33-5-2)15-14-27(3)34(31,32)20-12-10-18(11-13-20)21-8-6-7-9-22(21)29/h6-13,16-17,29H,4-5,14-15H2,1-3H3. The molecule has 0 saturated carbocycles. The highest BCUT2D eigenvalue weighted by Gasteiger charge is 2.22. The monoisotopic (exact) mass is 484 g/mol. The fraction of sp³-hybridized carbons (Fsp3) is 0.292. The van der Waals surface area contributed by atoms with Gasteiger partial charge in [0.15, 0.2) is 0 Å². The zero-order chi connectivity index (χ0) is 24.7. The SMILES string of the molecule is CCOC(=O)c1cnc(N(CC)CCN(C)S(=O)(=O)c2ccc(-c3ccccc3O)cc2)nc1. The summed E-state index contributed by atoms with van der Waals surface area (Å²) < 4.78 is 32.3. The molecule has 180 valence electrons. The number of hydrogen-bond donors (Lipinski definition) is 1. The van der Waals surface area contributed by atoms with Gasteiger partial charge < -0.3 is 14.7 Å². The lowest BCUT2D eigenvalue weighted by molar-refractivity contribution is 0.0525. The quantitative estimate of drug-likeness (QED) is 0.437. The highest BCUT2D eigenvalue weighted by Crippen LogP contribution is 2.29. The third-order valence-electron chi connectivity index (χ3n) is 5.28. The van der Waals surface area contributed by atoms with Gasteiger partial charge in [-0.05, 0) is 37.6 Å². The normalized spacial score (nSPS) is 11.4. The molecule has 9 nitrogen and oxygen atoms in total. The molecule has 0 atom stereocenters. The Balaban J connectivity index is 1.67. The molecule has 1 aromatic heterocycles. The van der Waals surface area contributed by atoms with Crippen molar-refractivity contribution in [2.45, 2.75) is 18.7 Å². The summed E-state index contributed by atoms with van der Waals surface area (Å²) in [6, 6.07) is 13.3. The molecule has 2 aromatic carbocycles. The van der Waals surface area contributed by atoms with Crippen LogP contribution in [0.3, 0.4) is 0 Å². The molecule has 3 rings (SSSR count). The number of rotatable bonds is 10. The molecule has 0 bridgehead atoms. The first-order chi connectivity index (χ1) is 16.3. The van der Waals surface area contributed by atoms with Gasteiger partial charge in [-0.2, -0.15) is 4.31 Å². The Kier molecular flexibility index (Phi) is 8.19. The van der Waals surface area contributed by atoms with Crippen LogP contribution < -0.4 is 4.90 Å². The molecule has 0 radical (unpaired) electrons. The zero-order valence-electron chi connectivity index (χ0n) is 19.4. The van der Waals surface area contributed by atoms with E-state index in [2.05, 4.69) is 9.97 Å². The lowest BCUT2D eigenvalue weighted by atomic mass is 10.1. The first-order valence-electron chi connectivity index (χ1n) is 10.9. The fourth-order valence-corrected chi connectivity index (χ4v) is 4.45. The highest BCUT2D eigenvalue weighted by molar-refractivity contribution is 7.89. The molecule has 0 amide bonds. The molecular weight excluding hydrogens is 456 g/mol. The molecule has 0 saturated heterocycles. The first kappa shape index (κ1) is 25.1. The van der Waals surface area contributed by atoms with Crippen molar-refractivity contribution in [1.82, 2.24) is 14.3 Å². The summed E-state index contributed by atoms with van der Waals surface area (Å²) in [7, 11) is -2.20. The van der Waals surface area contributed by atoms with E-state index in [-0.39, 0.29) is 29.4 Å². The maximum atomic E-state index is 13.0. The van der Waals surface area contributed by atoms with E-state index in [9.17, 15) is 18.3 Å². The van der Waals surface area contributed by atoms with Crippen LogP contribution in [0, 0.1) is 0 Å². The number of carbonyl (C=O) groups is 1. The van der Waals surface area contributed by atoms with Crippen LogP contribution >= 0.6 is 0 Å². The topological polar surface area (TPSA) is 113 Å². The maximum absolute atomic E-state index is 13.0. The Bertz CT molecular complexity index is 1210. The summed E-state index contributed by atoms with van der Waals surface area (Å²) in [6.07, 6.45) is 2.80. The van der Waals surface area contributed by atoms with Crippen LogP contribution in [0.15, 0.2) is 65.8 Å². The molecule has 1 N–H and O–H groups in total. The Labute approximate surface area is 199 Å². The third kappa shape index (κ3) is 5.70. The van der Waals surface area contributed by atoms with E-state index in [4.69, 9.17) is 4.74 Å². The van der Waals surface area contributed by atoms with Crippen LogP contribution in [0.5, 0.6) is 5.75 Å². The van der Waals surface area contributed by atoms with Gasteiger partial charge in [0.2, 0.25) is 16.0 Å². The minimum Gasteiger partial charge on any atom is -0.507 e. The van der Waals surface area contributed by atoms with Gasteiger partial charge in [0.05, 0.1) is 17.1 Å². The van der Waals surface area contributed by atoms with Crippen LogP contribution in [-0.4, -0.2) is 67.1 Å². The van der Waals surface area contributed by atoms with Gasteiger partial charge in [0.25, 0.3) is 0 Å². The van der Waals surface area contributed by atoms with Gasteiger partial charge >= 0.3 is 5.97 Å². The number of phenolic OH excluding ortho intramolecular Hbond substituents is 1. The summed E-state index contributed by atoms with van der Waals surface area (Å²) >= 11 is 0. The van der Waals surface area contributed by atoms with Gasteiger partial charge in [-0.15, -0.1) is 0 Å². The second-order valence-electron chi connectivity index (χ2n) is 7.44. The summed E-state index contributed by atoms with van der Waals surface area (Å²) in [5, 5.41) is 10.0.